The molecule has 1 heterocycles. The summed E-state index contributed by atoms with van der Waals surface area (Å²) < 4.78 is 0. The lowest BCUT2D eigenvalue weighted by atomic mass is 10.1. The Kier molecular flexibility index (Phi) is 3.21. The lowest BCUT2D eigenvalue weighted by Gasteiger charge is -2.16. The van der Waals surface area contributed by atoms with Crippen LogP contribution in [-0.4, -0.2) is 27.7 Å². The van der Waals surface area contributed by atoms with Gasteiger partial charge in [0.25, 0.3) is 0 Å². The van der Waals surface area contributed by atoms with Gasteiger partial charge in [0, 0.05) is 17.8 Å². The molecule has 1 fully saturated rings. The summed E-state index contributed by atoms with van der Waals surface area (Å²) in [4.78, 5) is 8.47. The summed E-state index contributed by atoms with van der Waals surface area (Å²) >= 11 is 0. The number of aliphatic hydroxyl groups excluding tert-OH is 1. The van der Waals surface area contributed by atoms with Crippen LogP contribution in [0.5, 0.6) is 0 Å². The SMILES string of the molecule is Nc1nc(NCC2CCCC2O)c2ccccc2n1. The second kappa shape index (κ2) is 5.01. The van der Waals surface area contributed by atoms with E-state index in [-0.39, 0.29) is 12.1 Å². The third-order valence-corrected chi connectivity index (χ3v) is 3.77. The molecule has 19 heavy (non-hydrogen) atoms. The van der Waals surface area contributed by atoms with Gasteiger partial charge in [0.2, 0.25) is 5.95 Å². The molecule has 0 amide bonds. The molecule has 1 aliphatic rings. The molecule has 1 aromatic heterocycles. The van der Waals surface area contributed by atoms with Crippen molar-refractivity contribution in [3.8, 4) is 0 Å². The standard InChI is InChI=1S/C14H18N4O/c15-14-17-11-6-2-1-5-10(11)13(18-14)16-8-9-4-3-7-12(9)19/h1-2,5-6,9,12,19H,3-4,7-8H2,(H3,15,16,17,18). The second-order valence-corrected chi connectivity index (χ2v) is 5.09. The van der Waals surface area contributed by atoms with E-state index in [1.54, 1.807) is 0 Å². The first-order chi connectivity index (χ1) is 9.24. The summed E-state index contributed by atoms with van der Waals surface area (Å²) in [5.74, 6) is 1.32. The number of aliphatic hydroxyl groups is 1. The number of nitrogens with zero attached hydrogens (tertiary/aromatic N) is 2. The molecule has 2 atom stereocenters. The van der Waals surface area contributed by atoms with E-state index in [4.69, 9.17) is 5.73 Å². The Morgan fingerprint density at radius 2 is 2.11 bits per heavy atom. The quantitative estimate of drug-likeness (QED) is 0.781. The fraction of sp³-hybridized carbons (Fsp3) is 0.429. The molecule has 0 bridgehead atoms. The van der Waals surface area contributed by atoms with Crippen molar-refractivity contribution in [3.63, 3.8) is 0 Å². The largest absolute Gasteiger partial charge is 0.393 e. The number of hydrogen-bond acceptors (Lipinski definition) is 5. The zero-order chi connectivity index (χ0) is 13.2. The van der Waals surface area contributed by atoms with E-state index in [1.165, 1.54) is 0 Å². The van der Waals surface area contributed by atoms with Crippen molar-refractivity contribution in [2.75, 3.05) is 17.6 Å². The van der Waals surface area contributed by atoms with Gasteiger partial charge in [0.15, 0.2) is 0 Å². The molecule has 1 aromatic carbocycles. The van der Waals surface area contributed by atoms with Crippen LogP contribution in [0.1, 0.15) is 19.3 Å². The predicted octanol–water partition coefficient (Wildman–Crippen LogP) is 1.78. The molecule has 100 valence electrons. The maximum absolute atomic E-state index is 9.84. The summed E-state index contributed by atoms with van der Waals surface area (Å²) in [5.41, 5.74) is 6.56. The first-order valence-corrected chi connectivity index (χ1v) is 6.68. The Morgan fingerprint density at radius 1 is 1.26 bits per heavy atom. The van der Waals surface area contributed by atoms with E-state index >= 15 is 0 Å². The Hall–Kier alpha value is -1.88. The fourth-order valence-electron chi connectivity index (χ4n) is 2.71. The van der Waals surface area contributed by atoms with Gasteiger partial charge in [-0.2, -0.15) is 4.98 Å². The molecule has 4 N–H and O–H groups in total. The highest BCUT2D eigenvalue weighted by molar-refractivity contribution is 5.89. The molecule has 0 radical (unpaired) electrons. The van der Waals surface area contributed by atoms with Gasteiger partial charge in [0.05, 0.1) is 11.6 Å². The van der Waals surface area contributed by atoms with Gasteiger partial charge < -0.3 is 16.2 Å². The van der Waals surface area contributed by atoms with Gasteiger partial charge >= 0.3 is 0 Å². The van der Waals surface area contributed by atoms with Crippen molar-refractivity contribution >= 4 is 22.7 Å². The summed E-state index contributed by atoms with van der Waals surface area (Å²) in [6, 6.07) is 7.78. The van der Waals surface area contributed by atoms with Crippen molar-refractivity contribution in [2.45, 2.75) is 25.4 Å². The average Bonchev–Trinajstić information content (AvgIpc) is 2.81. The molecule has 2 aromatic rings. The highest BCUT2D eigenvalue weighted by Crippen LogP contribution is 2.27. The molecule has 2 unspecified atom stereocenters. The number of rotatable bonds is 3. The van der Waals surface area contributed by atoms with Crippen LogP contribution in [0, 0.1) is 5.92 Å². The number of benzene rings is 1. The van der Waals surface area contributed by atoms with Crippen LogP contribution < -0.4 is 11.1 Å². The van der Waals surface area contributed by atoms with E-state index in [0.29, 0.717) is 5.92 Å². The number of hydrogen-bond donors (Lipinski definition) is 3. The number of para-hydroxylation sites is 1. The molecule has 3 rings (SSSR count). The fourth-order valence-corrected chi connectivity index (χ4v) is 2.71. The van der Waals surface area contributed by atoms with Crippen LogP contribution in [0.2, 0.25) is 0 Å². The topological polar surface area (TPSA) is 84.1 Å². The van der Waals surface area contributed by atoms with E-state index in [0.717, 1.165) is 42.5 Å². The third kappa shape index (κ3) is 2.46. The summed E-state index contributed by atoms with van der Waals surface area (Å²) in [6.45, 7) is 0.724. The minimum Gasteiger partial charge on any atom is -0.393 e. The highest BCUT2D eigenvalue weighted by atomic mass is 16.3. The molecule has 5 nitrogen and oxygen atoms in total. The molecule has 1 saturated carbocycles. The molecule has 0 aliphatic heterocycles. The van der Waals surface area contributed by atoms with E-state index in [2.05, 4.69) is 15.3 Å². The Balaban J connectivity index is 1.84. The Morgan fingerprint density at radius 3 is 2.89 bits per heavy atom. The minimum atomic E-state index is -0.196. The number of fused-ring (bicyclic) bond motifs is 1. The maximum atomic E-state index is 9.84. The van der Waals surface area contributed by atoms with Crippen molar-refractivity contribution in [3.05, 3.63) is 24.3 Å². The zero-order valence-corrected chi connectivity index (χ0v) is 10.7. The molecular weight excluding hydrogens is 240 g/mol. The van der Waals surface area contributed by atoms with Crippen molar-refractivity contribution in [2.24, 2.45) is 5.92 Å². The van der Waals surface area contributed by atoms with Crippen molar-refractivity contribution < 1.29 is 5.11 Å². The van der Waals surface area contributed by atoms with Crippen LogP contribution in [0.3, 0.4) is 0 Å². The van der Waals surface area contributed by atoms with Crippen LogP contribution in [-0.2, 0) is 0 Å². The number of nitrogens with one attached hydrogen (secondary N) is 1. The van der Waals surface area contributed by atoms with Crippen LogP contribution in [0.4, 0.5) is 11.8 Å². The van der Waals surface area contributed by atoms with Gasteiger partial charge in [0.1, 0.15) is 5.82 Å². The van der Waals surface area contributed by atoms with Gasteiger partial charge in [-0.25, -0.2) is 4.98 Å². The Bertz CT molecular complexity index is 587. The van der Waals surface area contributed by atoms with Crippen LogP contribution in [0.15, 0.2) is 24.3 Å². The molecule has 0 saturated heterocycles. The van der Waals surface area contributed by atoms with E-state index < -0.39 is 0 Å². The van der Waals surface area contributed by atoms with Gasteiger partial charge in [-0.3, -0.25) is 0 Å². The van der Waals surface area contributed by atoms with Crippen LogP contribution >= 0.6 is 0 Å². The summed E-state index contributed by atoms with van der Waals surface area (Å²) in [6.07, 6.45) is 2.87. The third-order valence-electron chi connectivity index (χ3n) is 3.77. The van der Waals surface area contributed by atoms with E-state index in [1.807, 2.05) is 24.3 Å². The lowest BCUT2D eigenvalue weighted by molar-refractivity contribution is 0.138. The van der Waals surface area contributed by atoms with Gasteiger partial charge in [-0.1, -0.05) is 18.6 Å². The lowest BCUT2D eigenvalue weighted by Crippen LogP contribution is -2.22. The average molecular weight is 258 g/mol. The monoisotopic (exact) mass is 258 g/mol. The summed E-state index contributed by atoms with van der Waals surface area (Å²) in [7, 11) is 0. The van der Waals surface area contributed by atoms with Crippen molar-refractivity contribution in [1.29, 1.82) is 0 Å². The first-order valence-electron chi connectivity index (χ1n) is 6.68. The number of nitrogen functional groups attached to an aromatic ring is 1. The smallest absolute Gasteiger partial charge is 0.222 e. The number of anilines is 2. The van der Waals surface area contributed by atoms with E-state index in [9.17, 15) is 5.11 Å². The van der Waals surface area contributed by atoms with Gasteiger partial charge in [-0.15, -0.1) is 0 Å². The van der Waals surface area contributed by atoms with Crippen molar-refractivity contribution in [1.82, 2.24) is 9.97 Å². The zero-order valence-electron chi connectivity index (χ0n) is 10.7. The second-order valence-electron chi connectivity index (χ2n) is 5.09. The number of nitrogens with two attached hydrogens (primary N) is 1. The Labute approximate surface area is 111 Å². The van der Waals surface area contributed by atoms with Crippen LogP contribution in [0.25, 0.3) is 10.9 Å². The van der Waals surface area contributed by atoms with Gasteiger partial charge in [-0.05, 0) is 25.0 Å². The summed E-state index contributed by atoms with van der Waals surface area (Å²) in [5, 5.41) is 14.1. The predicted molar refractivity (Wildman–Crippen MR) is 75.8 cm³/mol. The molecule has 5 heteroatoms. The highest BCUT2D eigenvalue weighted by Gasteiger charge is 2.25. The normalized spacial score (nSPS) is 22.8. The minimum absolute atomic E-state index is 0.196. The molecular formula is C14H18N4O. The first kappa shape index (κ1) is 12.2. The molecule has 1 aliphatic carbocycles. The number of aromatic nitrogens is 2. The molecule has 0 spiro atoms. The maximum Gasteiger partial charge on any atom is 0.222 e.